The highest BCUT2D eigenvalue weighted by atomic mass is 32.2. The molecule has 1 amide bonds. The standard InChI is InChI=1S/C25H29N5OS/c1-4-18(3)26-22(31)14-9-15-32-25-27-24-23(28-29-25)20-12-7-8-13-21(20)30(24)16-19-11-6-5-10-17(19)2/h5-8,10-13,18H,4,9,14-16H2,1-3H3,(H,26,31). The number of carbonyl (C=O) groups excluding carboxylic acids is 1. The third-order valence-corrected chi connectivity index (χ3v) is 6.67. The molecule has 1 unspecified atom stereocenters. The Hall–Kier alpha value is -2.93. The third kappa shape index (κ3) is 4.93. The van der Waals surface area contributed by atoms with Crippen LogP contribution in [0, 0.1) is 6.92 Å². The number of carbonyl (C=O) groups is 1. The van der Waals surface area contributed by atoms with Crippen LogP contribution in [-0.2, 0) is 11.3 Å². The van der Waals surface area contributed by atoms with Crippen molar-refractivity contribution in [2.24, 2.45) is 0 Å². The van der Waals surface area contributed by atoms with Gasteiger partial charge in [-0.25, -0.2) is 4.98 Å². The van der Waals surface area contributed by atoms with Gasteiger partial charge in [-0.05, 0) is 43.9 Å². The molecule has 0 bridgehead atoms. The number of hydrogen-bond acceptors (Lipinski definition) is 5. The molecule has 6 nitrogen and oxygen atoms in total. The van der Waals surface area contributed by atoms with Crippen LogP contribution in [0.4, 0.5) is 0 Å². The van der Waals surface area contributed by atoms with Gasteiger partial charge in [-0.2, -0.15) is 0 Å². The predicted molar refractivity (Wildman–Crippen MR) is 131 cm³/mol. The van der Waals surface area contributed by atoms with E-state index in [4.69, 9.17) is 4.98 Å². The normalized spacial score (nSPS) is 12.3. The molecule has 1 atom stereocenters. The van der Waals surface area contributed by atoms with E-state index in [9.17, 15) is 4.79 Å². The number of rotatable bonds is 9. The first kappa shape index (κ1) is 22.3. The lowest BCUT2D eigenvalue weighted by Gasteiger charge is -2.11. The molecule has 0 spiro atoms. The number of fused-ring (bicyclic) bond motifs is 3. The predicted octanol–water partition coefficient (Wildman–Crippen LogP) is 5.12. The fourth-order valence-corrected chi connectivity index (χ4v) is 4.43. The number of para-hydroxylation sites is 1. The van der Waals surface area contributed by atoms with Crippen LogP contribution in [0.15, 0.2) is 53.7 Å². The van der Waals surface area contributed by atoms with Crippen LogP contribution in [0.1, 0.15) is 44.2 Å². The van der Waals surface area contributed by atoms with Gasteiger partial charge >= 0.3 is 0 Å². The molecule has 2 aromatic carbocycles. The third-order valence-electron chi connectivity index (χ3n) is 5.74. The topological polar surface area (TPSA) is 72.7 Å². The van der Waals surface area contributed by atoms with E-state index in [1.165, 1.54) is 11.1 Å². The average molecular weight is 448 g/mol. The van der Waals surface area contributed by atoms with E-state index in [1.54, 1.807) is 11.8 Å². The second-order valence-corrected chi connectivity index (χ2v) is 9.19. The van der Waals surface area contributed by atoms with Gasteiger partial charge in [0.1, 0.15) is 5.52 Å². The first-order valence-electron chi connectivity index (χ1n) is 11.1. The van der Waals surface area contributed by atoms with Crippen LogP contribution < -0.4 is 5.32 Å². The summed E-state index contributed by atoms with van der Waals surface area (Å²) in [5.74, 6) is 0.881. The quantitative estimate of drug-likeness (QED) is 0.285. The van der Waals surface area contributed by atoms with Crippen LogP contribution in [0.3, 0.4) is 0 Å². The summed E-state index contributed by atoms with van der Waals surface area (Å²) in [7, 11) is 0. The summed E-state index contributed by atoms with van der Waals surface area (Å²) in [6.07, 6.45) is 2.23. The lowest BCUT2D eigenvalue weighted by molar-refractivity contribution is -0.121. The van der Waals surface area contributed by atoms with Crippen molar-refractivity contribution in [3.8, 4) is 0 Å². The molecule has 0 aliphatic rings. The Bertz CT molecular complexity index is 1240. The molecule has 0 saturated carbocycles. The Balaban J connectivity index is 1.54. The zero-order chi connectivity index (χ0) is 22.5. The second-order valence-electron chi connectivity index (χ2n) is 8.13. The first-order chi connectivity index (χ1) is 15.6. The first-order valence-corrected chi connectivity index (χ1v) is 12.1. The Morgan fingerprint density at radius 2 is 1.91 bits per heavy atom. The van der Waals surface area contributed by atoms with Crippen molar-refractivity contribution in [2.45, 2.75) is 57.8 Å². The van der Waals surface area contributed by atoms with Crippen LogP contribution in [-0.4, -0.2) is 37.5 Å². The fraction of sp³-hybridized carbons (Fsp3) is 0.360. The smallest absolute Gasteiger partial charge is 0.220 e. The molecule has 2 heterocycles. The lowest BCUT2D eigenvalue weighted by Crippen LogP contribution is -2.31. The molecule has 0 fully saturated rings. The molecular weight excluding hydrogens is 418 g/mol. The molecule has 0 aliphatic carbocycles. The minimum atomic E-state index is 0.104. The number of benzene rings is 2. The summed E-state index contributed by atoms with van der Waals surface area (Å²) in [5, 5.41) is 13.6. The molecule has 32 heavy (non-hydrogen) atoms. The summed E-state index contributed by atoms with van der Waals surface area (Å²) < 4.78 is 2.23. The highest BCUT2D eigenvalue weighted by molar-refractivity contribution is 7.99. The molecule has 1 N–H and O–H groups in total. The monoisotopic (exact) mass is 447 g/mol. The number of amides is 1. The second kappa shape index (κ2) is 10.1. The Morgan fingerprint density at radius 3 is 2.72 bits per heavy atom. The zero-order valence-corrected chi connectivity index (χ0v) is 19.7. The SMILES string of the molecule is CCC(C)NC(=O)CCCSc1nnc2c3ccccc3n(Cc3ccccc3C)c2n1. The molecule has 166 valence electrons. The molecule has 0 saturated heterocycles. The van der Waals surface area contributed by atoms with E-state index >= 15 is 0 Å². The zero-order valence-electron chi connectivity index (χ0n) is 18.8. The molecular formula is C25H29N5OS. The number of aryl methyl sites for hydroxylation is 1. The summed E-state index contributed by atoms with van der Waals surface area (Å²) in [4.78, 5) is 16.8. The Labute approximate surface area is 192 Å². The minimum Gasteiger partial charge on any atom is -0.354 e. The van der Waals surface area contributed by atoms with E-state index < -0.39 is 0 Å². The van der Waals surface area contributed by atoms with Gasteiger partial charge in [0.05, 0.1) is 5.52 Å². The molecule has 2 aromatic heterocycles. The molecule has 4 rings (SSSR count). The van der Waals surface area contributed by atoms with Gasteiger partial charge in [-0.1, -0.05) is 61.2 Å². The summed E-state index contributed by atoms with van der Waals surface area (Å²) in [5.41, 5.74) is 5.30. The van der Waals surface area contributed by atoms with Gasteiger partial charge in [0, 0.05) is 30.1 Å². The van der Waals surface area contributed by atoms with Crippen molar-refractivity contribution in [3.63, 3.8) is 0 Å². The van der Waals surface area contributed by atoms with Gasteiger partial charge in [0.2, 0.25) is 11.1 Å². The van der Waals surface area contributed by atoms with Crippen molar-refractivity contribution >= 4 is 39.7 Å². The molecule has 0 aliphatic heterocycles. The maximum atomic E-state index is 12.0. The van der Waals surface area contributed by atoms with E-state index in [0.717, 1.165) is 47.2 Å². The van der Waals surface area contributed by atoms with Crippen molar-refractivity contribution in [1.82, 2.24) is 25.1 Å². The van der Waals surface area contributed by atoms with Crippen molar-refractivity contribution in [1.29, 1.82) is 0 Å². The van der Waals surface area contributed by atoms with Gasteiger partial charge in [0.25, 0.3) is 0 Å². The average Bonchev–Trinajstić information content (AvgIpc) is 3.11. The fourth-order valence-electron chi connectivity index (χ4n) is 3.71. The summed E-state index contributed by atoms with van der Waals surface area (Å²) >= 11 is 1.55. The maximum Gasteiger partial charge on any atom is 0.220 e. The van der Waals surface area contributed by atoms with Crippen molar-refractivity contribution < 1.29 is 4.79 Å². The van der Waals surface area contributed by atoms with E-state index in [0.29, 0.717) is 11.6 Å². The van der Waals surface area contributed by atoms with Crippen molar-refractivity contribution in [2.75, 3.05) is 5.75 Å². The minimum absolute atomic E-state index is 0.104. The van der Waals surface area contributed by atoms with Gasteiger partial charge in [-0.15, -0.1) is 10.2 Å². The van der Waals surface area contributed by atoms with Gasteiger partial charge in [-0.3, -0.25) is 4.79 Å². The molecule has 4 aromatic rings. The van der Waals surface area contributed by atoms with Crippen LogP contribution in [0.2, 0.25) is 0 Å². The summed E-state index contributed by atoms with van der Waals surface area (Å²) in [6, 6.07) is 16.9. The Morgan fingerprint density at radius 1 is 1.12 bits per heavy atom. The summed E-state index contributed by atoms with van der Waals surface area (Å²) in [6.45, 7) is 6.96. The number of nitrogens with zero attached hydrogens (tertiary/aromatic N) is 4. The van der Waals surface area contributed by atoms with Crippen molar-refractivity contribution in [3.05, 3.63) is 59.7 Å². The number of nitrogens with one attached hydrogen (secondary N) is 1. The number of thioether (sulfide) groups is 1. The maximum absolute atomic E-state index is 12.0. The number of aromatic nitrogens is 4. The van der Waals surface area contributed by atoms with Gasteiger partial charge in [0.15, 0.2) is 5.65 Å². The number of hydrogen-bond donors (Lipinski definition) is 1. The van der Waals surface area contributed by atoms with E-state index in [-0.39, 0.29) is 11.9 Å². The molecule has 0 radical (unpaired) electrons. The lowest BCUT2D eigenvalue weighted by atomic mass is 10.1. The largest absolute Gasteiger partial charge is 0.354 e. The Kier molecular flexibility index (Phi) is 7.05. The van der Waals surface area contributed by atoms with Gasteiger partial charge < -0.3 is 9.88 Å². The van der Waals surface area contributed by atoms with E-state index in [1.807, 2.05) is 19.1 Å². The van der Waals surface area contributed by atoms with Crippen LogP contribution in [0.5, 0.6) is 0 Å². The molecule has 7 heteroatoms. The van der Waals surface area contributed by atoms with E-state index in [2.05, 4.69) is 70.3 Å². The highest BCUT2D eigenvalue weighted by Gasteiger charge is 2.16. The highest BCUT2D eigenvalue weighted by Crippen LogP contribution is 2.28. The van der Waals surface area contributed by atoms with Crippen LogP contribution >= 0.6 is 11.8 Å². The van der Waals surface area contributed by atoms with Crippen LogP contribution in [0.25, 0.3) is 22.1 Å².